The van der Waals surface area contributed by atoms with E-state index in [9.17, 15) is 14.7 Å². The van der Waals surface area contributed by atoms with Gasteiger partial charge >= 0.3 is 5.97 Å². The van der Waals surface area contributed by atoms with E-state index < -0.39 is 11.9 Å². The van der Waals surface area contributed by atoms with Gasteiger partial charge < -0.3 is 20.5 Å². The lowest BCUT2D eigenvalue weighted by atomic mass is 9.95. The third-order valence-electron chi connectivity index (χ3n) is 3.23. The van der Waals surface area contributed by atoms with E-state index in [1.807, 2.05) is 0 Å². The van der Waals surface area contributed by atoms with Crippen molar-refractivity contribution in [3.8, 4) is 5.75 Å². The van der Waals surface area contributed by atoms with E-state index >= 15 is 0 Å². The van der Waals surface area contributed by atoms with Gasteiger partial charge in [-0.15, -0.1) is 0 Å². The number of hydrogen-bond acceptors (Lipinski definition) is 4. The zero-order valence-electron chi connectivity index (χ0n) is 10.6. The smallest absolute Gasteiger partial charge is 0.311 e. The van der Waals surface area contributed by atoms with Crippen LogP contribution in [-0.2, 0) is 9.59 Å². The van der Waals surface area contributed by atoms with Crippen LogP contribution in [0.1, 0.15) is 17.9 Å². The first-order valence-corrected chi connectivity index (χ1v) is 6.00. The topological polar surface area (TPSA) is 92.9 Å². The Balaban J connectivity index is 2.39. The average molecular weight is 264 g/mol. The molecule has 3 N–H and O–H groups in total. The third-order valence-corrected chi connectivity index (χ3v) is 3.23. The molecule has 1 aliphatic heterocycles. The minimum atomic E-state index is -0.920. The van der Waals surface area contributed by atoms with Gasteiger partial charge in [-0.05, 0) is 30.7 Å². The summed E-state index contributed by atoms with van der Waals surface area (Å²) >= 11 is 0. The van der Waals surface area contributed by atoms with Crippen molar-refractivity contribution < 1.29 is 19.4 Å². The SMILES string of the molecule is CN1C(=O)COc2ccc(C(CCN)C(=O)O)cc21. The number of rotatable bonds is 4. The Morgan fingerprint density at radius 2 is 2.32 bits per heavy atom. The van der Waals surface area contributed by atoms with Crippen molar-refractivity contribution in [2.24, 2.45) is 5.73 Å². The number of ether oxygens (including phenoxy) is 1. The molecule has 0 bridgehead atoms. The maximum absolute atomic E-state index is 11.6. The quantitative estimate of drug-likeness (QED) is 0.828. The number of likely N-dealkylation sites (N-methyl/N-ethyl adjacent to an activating group) is 1. The summed E-state index contributed by atoms with van der Waals surface area (Å²) in [6, 6.07) is 5.08. The fourth-order valence-electron chi connectivity index (χ4n) is 2.11. The highest BCUT2D eigenvalue weighted by Crippen LogP contribution is 2.34. The molecule has 0 radical (unpaired) electrons. The van der Waals surface area contributed by atoms with Crippen LogP contribution in [-0.4, -0.2) is 37.2 Å². The van der Waals surface area contributed by atoms with Crippen LogP contribution in [0.4, 0.5) is 5.69 Å². The molecule has 1 aromatic rings. The third kappa shape index (κ3) is 2.53. The molecule has 19 heavy (non-hydrogen) atoms. The van der Waals surface area contributed by atoms with Gasteiger partial charge in [0.1, 0.15) is 5.75 Å². The van der Waals surface area contributed by atoms with Crippen molar-refractivity contribution >= 4 is 17.6 Å². The van der Waals surface area contributed by atoms with Gasteiger partial charge in [-0.2, -0.15) is 0 Å². The summed E-state index contributed by atoms with van der Waals surface area (Å²) in [5.41, 5.74) is 6.66. The standard InChI is InChI=1S/C13H16N2O4/c1-15-10-6-8(9(4-5-14)13(17)18)2-3-11(10)19-7-12(15)16/h2-3,6,9H,4-5,7,14H2,1H3,(H,17,18). The molecule has 6 nitrogen and oxygen atoms in total. The summed E-state index contributed by atoms with van der Waals surface area (Å²) in [6.07, 6.45) is 0.354. The van der Waals surface area contributed by atoms with Crippen molar-refractivity contribution in [2.75, 3.05) is 25.1 Å². The fraction of sp³-hybridized carbons (Fsp3) is 0.385. The number of nitrogens with two attached hydrogens (primary N) is 1. The lowest BCUT2D eigenvalue weighted by molar-refractivity contribution is -0.138. The van der Waals surface area contributed by atoms with Crippen LogP contribution < -0.4 is 15.4 Å². The highest BCUT2D eigenvalue weighted by atomic mass is 16.5. The van der Waals surface area contributed by atoms with Crippen LogP contribution in [0.25, 0.3) is 0 Å². The van der Waals surface area contributed by atoms with E-state index in [2.05, 4.69) is 0 Å². The van der Waals surface area contributed by atoms with Gasteiger partial charge in [0.2, 0.25) is 0 Å². The molecule has 0 saturated carbocycles. The van der Waals surface area contributed by atoms with Crippen LogP contribution >= 0.6 is 0 Å². The Morgan fingerprint density at radius 1 is 1.58 bits per heavy atom. The number of benzene rings is 1. The predicted octanol–water partition coefficient (Wildman–Crippen LogP) is 0.559. The number of carbonyl (C=O) groups excluding carboxylic acids is 1. The van der Waals surface area contributed by atoms with E-state index in [1.165, 1.54) is 4.90 Å². The van der Waals surface area contributed by atoms with Crippen LogP contribution in [0, 0.1) is 0 Å². The van der Waals surface area contributed by atoms with Crippen molar-refractivity contribution in [3.05, 3.63) is 23.8 Å². The van der Waals surface area contributed by atoms with Crippen molar-refractivity contribution in [3.63, 3.8) is 0 Å². The first-order chi connectivity index (χ1) is 9.04. The first-order valence-electron chi connectivity index (χ1n) is 6.00. The van der Waals surface area contributed by atoms with E-state index in [4.69, 9.17) is 10.5 Å². The normalized spacial score (nSPS) is 15.7. The van der Waals surface area contributed by atoms with Gasteiger partial charge in [0, 0.05) is 7.05 Å². The number of anilines is 1. The number of hydrogen-bond donors (Lipinski definition) is 2. The lowest BCUT2D eigenvalue weighted by Gasteiger charge is -2.27. The van der Waals surface area contributed by atoms with E-state index in [0.717, 1.165) is 0 Å². The first kappa shape index (κ1) is 13.4. The molecule has 1 aliphatic rings. The van der Waals surface area contributed by atoms with E-state index in [1.54, 1.807) is 25.2 Å². The van der Waals surface area contributed by atoms with E-state index in [0.29, 0.717) is 30.0 Å². The summed E-state index contributed by atoms with van der Waals surface area (Å²) in [5.74, 6) is -1.16. The summed E-state index contributed by atoms with van der Waals surface area (Å²) in [7, 11) is 1.65. The Kier molecular flexibility index (Phi) is 3.71. The van der Waals surface area contributed by atoms with Crippen molar-refractivity contribution in [2.45, 2.75) is 12.3 Å². The van der Waals surface area contributed by atoms with Gasteiger partial charge in [-0.1, -0.05) is 6.07 Å². The van der Waals surface area contributed by atoms with E-state index in [-0.39, 0.29) is 12.5 Å². The number of aliphatic carboxylic acids is 1. The molecule has 102 valence electrons. The molecule has 1 unspecified atom stereocenters. The molecule has 1 atom stereocenters. The second-order valence-corrected chi connectivity index (χ2v) is 4.44. The zero-order chi connectivity index (χ0) is 14.0. The Labute approximate surface area is 110 Å². The number of nitrogens with zero attached hydrogens (tertiary/aromatic N) is 1. The van der Waals surface area contributed by atoms with Crippen LogP contribution in [0.5, 0.6) is 5.75 Å². The average Bonchev–Trinajstić information content (AvgIpc) is 2.40. The Bertz CT molecular complexity index is 515. The monoisotopic (exact) mass is 264 g/mol. The fourth-order valence-corrected chi connectivity index (χ4v) is 2.11. The summed E-state index contributed by atoms with van der Waals surface area (Å²) in [6.45, 7) is 0.299. The van der Waals surface area contributed by atoms with Crippen LogP contribution in [0.3, 0.4) is 0 Å². The van der Waals surface area contributed by atoms with Gasteiger partial charge in [0.05, 0.1) is 11.6 Å². The van der Waals surface area contributed by atoms with Crippen LogP contribution in [0.2, 0.25) is 0 Å². The van der Waals surface area contributed by atoms with Gasteiger partial charge in [-0.25, -0.2) is 0 Å². The van der Waals surface area contributed by atoms with Crippen molar-refractivity contribution in [1.29, 1.82) is 0 Å². The van der Waals surface area contributed by atoms with Crippen molar-refractivity contribution in [1.82, 2.24) is 0 Å². The lowest BCUT2D eigenvalue weighted by Crippen LogP contribution is -2.35. The summed E-state index contributed by atoms with van der Waals surface area (Å²) in [4.78, 5) is 24.3. The molecule has 1 heterocycles. The molecule has 6 heteroatoms. The highest BCUT2D eigenvalue weighted by molar-refractivity contribution is 5.97. The van der Waals surface area contributed by atoms with Gasteiger partial charge in [-0.3, -0.25) is 9.59 Å². The van der Waals surface area contributed by atoms with Crippen LogP contribution in [0.15, 0.2) is 18.2 Å². The molecule has 0 fully saturated rings. The minimum Gasteiger partial charge on any atom is -0.482 e. The highest BCUT2D eigenvalue weighted by Gasteiger charge is 2.25. The Morgan fingerprint density at radius 3 is 2.95 bits per heavy atom. The number of amides is 1. The minimum absolute atomic E-state index is 0.00794. The summed E-state index contributed by atoms with van der Waals surface area (Å²) < 4.78 is 5.30. The zero-order valence-corrected chi connectivity index (χ0v) is 10.6. The molecular formula is C13H16N2O4. The maximum atomic E-state index is 11.6. The maximum Gasteiger partial charge on any atom is 0.311 e. The molecule has 0 spiro atoms. The largest absolute Gasteiger partial charge is 0.482 e. The number of carbonyl (C=O) groups is 2. The molecular weight excluding hydrogens is 248 g/mol. The summed E-state index contributed by atoms with van der Waals surface area (Å²) in [5, 5.41) is 9.21. The second kappa shape index (κ2) is 5.27. The number of fused-ring (bicyclic) bond motifs is 1. The molecule has 2 rings (SSSR count). The van der Waals surface area contributed by atoms with Gasteiger partial charge in [0.15, 0.2) is 6.61 Å². The second-order valence-electron chi connectivity index (χ2n) is 4.44. The molecule has 0 saturated heterocycles. The molecule has 0 aliphatic carbocycles. The molecule has 1 amide bonds. The Hall–Kier alpha value is -2.08. The predicted molar refractivity (Wildman–Crippen MR) is 69.4 cm³/mol. The number of carboxylic acids is 1. The molecule has 1 aromatic carbocycles. The number of carboxylic acid groups (broad SMARTS) is 1. The molecule has 0 aromatic heterocycles. The van der Waals surface area contributed by atoms with Gasteiger partial charge in [0.25, 0.3) is 5.91 Å².